The van der Waals surface area contributed by atoms with Crippen LogP contribution in [0.1, 0.15) is 31.9 Å². The number of amides is 4. The third kappa shape index (κ3) is 4.69. The van der Waals surface area contributed by atoms with Crippen molar-refractivity contribution in [2.75, 3.05) is 13.1 Å². The summed E-state index contributed by atoms with van der Waals surface area (Å²) in [6.45, 7) is 4.19. The van der Waals surface area contributed by atoms with Crippen molar-refractivity contribution in [3.05, 3.63) is 34.9 Å². The van der Waals surface area contributed by atoms with Gasteiger partial charge in [0.25, 0.3) is 0 Å². The number of hydrogen-bond acceptors (Lipinski definition) is 3. The summed E-state index contributed by atoms with van der Waals surface area (Å²) in [5.41, 5.74) is 0.806. The van der Waals surface area contributed by atoms with E-state index in [0.717, 1.165) is 10.5 Å². The minimum atomic E-state index is -0.555. The van der Waals surface area contributed by atoms with Gasteiger partial charge in [0.15, 0.2) is 0 Å². The highest BCUT2D eigenvalue weighted by Gasteiger charge is 2.33. The number of hydrogen-bond donors (Lipinski definition) is 2. The van der Waals surface area contributed by atoms with Crippen molar-refractivity contribution in [1.29, 1.82) is 0 Å². The smallest absolute Gasteiger partial charge is 0.325 e. The van der Waals surface area contributed by atoms with E-state index in [1.807, 2.05) is 13.8 Å². The number of carbonyl (C=O) groups excluding carboxylic acids is 3. The molecule has 7 heteroatoms. The predicted molar refractivity (Wildman–Crippen MR) is 86.9 cm³/mol. The molecule has 0 bridgehead atoms. The maximum Gasteiger partial charge on any atom is 0.325 e. The molecule has 0 aliphatic carbocycles. The van der Waals surface area contributed by atoms with E-state index < -0.39 is 12.1 Å². The van der Waals surface area contributed by atoms with Gasteiger partial charge >= 0.3 is 6.03 Å². The van der Waals surface area contributed by atoms with E-state index in [4.69, 9.17) is 11.6 Å². The number of nitrogens with one attached hydrogen (secondary N) is 2. The summed E-state index contributed by atoms with van der Waals surface area (Å²) in [4.78, 5) is 37.0. The Morgan fingerprint density at radius 2 is 2.00 bits per heavy atom. The lowest BCUT2D eigenvalue weighted by atomic mass is 10.0. The molecule has 2 rings (SSSR count). The molecule has 0 saturated carbocycles. The molecule has 0 radical (unpaired) electrons. The van der Waals surface area contributed by atoms with Crippen LogP contribution < -0.4 is 10.6 Å². The monoisotopic (exact) mass is 337 g/mol. The Morgan fingerprint density at radius 3 is 2.57 bits per heavy atom. The van der Waals surface area contributed by atoms with E-state index in [0.29, 0.717) is 17.5 Å². The molecule has 1 fully saturated rings. The third-order valence-electron chi connectivity index (χ3n) is 3.50. The summed E-state index contributed by atoms with van der Waals surface area (Å²) < 4.78 is 0. The summed E-state index contributed by atoms with van der Waals surface area (Å²) in [5, 5.41) is 6.03. The van der Waals surface area contributed by atoms with E-state index in [-0.39, 0.29) is 24.8 Å². The molecule has 124 valence electrons. The van der Waals surface area contributed by atoms with E-state index in [9.17, 15) is 14.4 Å². The first-order chi connectivity index (χ1) is 10.9. The first-order valence-corrected chi connectivity index (χ1v) is 7.87. The zero-order chi connectivity index (χ0) is 17.0. The summed E-state index contributed by atoms with van der Waals surface area (Å²) in [5.74, 6) is -0.403. The first kappa shape index (κ1) is 17.3. The Kier molecular flexibility index (Phi) is 5.60. The lowest BCUT2D eigenvalue weighted by Gasteiger charge is -2.31. The van der Waals surface area contributed by atoms with Crippen LogP contribution in [0, 0.1) is 5.92 Å². The molecule has 1 aliphatic rings. The van der Waals surface area contributed by atoms with Gasteiger partial charge in [0, 0.05) is 11.6 Å². The molecule has 1 atom stereocenters. The molecule has 4 amide bonds. The van der Waals surface area contributed by atoms with Gasteiger partial charge in [-0.15, -0.1) is 0 Å². The van der Waals surface area contributed by atoms with Crippen LogP contribution in [0.2, 0.25) is 5.02 Å². The fourth-order valence-electron chi connectivity index (χ4n) is 2.25. The third-order valence-corrected chi connectivity index (χ3v) is 3.76. The Balaban J connectivity index is 1.97. The van der Waals surface area contributed by atoms with Gasteiger partial charge in [-0.25, -0.2) is 4.79 Å². The van der Waals surface area contributed by atoms with Crippen molar-refractivity contribution in [1.82, 2.24) is 15.5 Å². The average molecular weight is 338 g/mol. The summed E-state index contributed by atoms with van der Waals surface area (Å²) in [6.07, 6.45) is 0.116. The number of halogens is 1. The Bertz CT molecular complexity index is 583. The Hall–Kier alpha value is -2.08. The Morgan fingerprint density at radius 1 is 1.35 bits per heavy atom. The van der Waals surface area contributed by atoms with Crippen LogP contribution in [0.3, 0.4) is 0 Å². The second-order valence-corrected chi connectivity index (χ2v) is 6.37. The topological polar surface area (TPSA) is 78.5 Å². The molecule has 2 N–H and O–H groups in total. The molecule has 1 aromatic carbocycles. The van der Waals surface area contributed by atoms with Gasteiger partial charge < -0.3 is 10.6 Å². The fraction of sp³-hybridized carbons (Fsp3) is 0.438. The van der Waals surface area contributed by atoms with Crippen LogP contribution in [0.5, 0.6) is 0 Å². The molecule has 0 aromatic heterocycles. The summed E-state index contributed by atoms with van der Waals surface area (Å²) in [7, 11) is 0. The second kappa shape index (κ2) is 7.46. The van der Waals surface area contributed by atoms with Gasteiger partial charge in [-0.05, 0) is 23.6 Å². The van der Waals surface area contributed by atoms with Crippen LogP contribution in [-0.4, -0.2) is 35.8 Å². The second-order valence-electron chi connectivity index (χ2n) is 5.94. The van der Waals surface area contributed by atoms with Gasteiger partial charge in [0.1, 0.15) is 6.54 Å². The molecule has 0 spiro atoms. The number of rotatable bonds is 5. The number of nitrogens with zero attached hydrogens (tertiary/aromatic N) is 1. The van der Waals surface area contributed by atoms with Crippen molar-refractivity contribution in [3.63, 3.8) is 0 Å². The van der Waals surface area contributed by atoms with Crippen molar-refractivity contribution < 1.29 is 14.4 Å². The van der Waals surface area contributed by atoms with Crippen molar-refractivity contribution in [2.24, 2.45) is 5.92 Å². The molecular formula is C16H20ClN3O3. The van der Waals surface area contributed by atoms with Gasteiger partial charge in [0.2, 0.25) is 11.8 Å². The summed E-state index contributed by atoms with van der Waals surface area (Å²) in [6, 6.07) is 6.00. The molecule has 0 unspecified atom stereocenters. The molecular weight excluding hydrogens is 318 g/mol. The van der Waals surface area contributed by atoms with Gasteiger partial charge in [0.05, 0.1) is 12.5 Å². The maximum absolute atomic E-state index is 12.2. The minimum Gasteiger partial charge on any atom is -0.354 e. The zero-order valence-corrected chi connectivity index (χ0v) is 13.9. The summed E-state index contributed by atoms with van der Waals surface area (Å²) >= 11 is 5.83. The zero-order valence-electron chi connectivity index (χ0n) is 13.1. The molecule has 6 nitrogen and oxygen atoms in total. The number of benzene rings is 1. The van der Waals surface area contributed by atoms with Crippen molar-refractivity contribution in [2.45, 2.75) is 26.3 Å². The highest BCUT2D eigenvalue weighted by molar-refractivity contribution is 6.30. The van der Waals surface area contributed by atoms with E-state index in [2.05, 4.69) is 10.6 Å². The van der Waals surface area contributed by atoms with E-state index >= 15 is 0 Å². The average Bonchev–Trinajstić information content (AvgIpc) is 2.49. The Labute approximate surface area is 140 Å². The molecule has 1 aliphatic heterocycles. The van der Waals surface area contributed by atoms with Crippen LogP contribution in [0.4, 0.5) is 4.79 Å². The fourth-order valence-corrected chi connectivity index (χ4v) is 2.38. The maximum atomic E-state index is 12.2. The molecule has 1 aromatic rings. The van der Waals surface area contributed by atoms with E-state index in [1.165, 1.54) is 0 Å². The number of urea groups is 1. The number of carbonyl (C=O) groups is 3. The highest BCUT2D eigenvalue weighted by atomic mass is 35.5. The van der Waals surface area contributed by atoms with Gasteiger partial charge in [-0.2, -0.15) is 0 Å². The predicted octanol–water partition coefficient (Wildman–Crippen LogP) is 2.10. The highest BCUT2D eigenvalue weighted by Crippen LogP contribution is 2.23. The van der Waals surface area contributed by atoms with Crippen LogP contribution >= 0.6 is 11.6 Å². The molecule has 1 saturated heterocycles. The van der Waals surface area contributed by atoms with Crippen LogP contribution in [0.25, 0.3) is 0 Å². The van der Waals surface area contributed by atoms with Crippen LogP contribution in [-0.2, 0) is 9.59 Å². The first-order valence-electron chi connectivity index (χ1n) is 7.50. The molecule has 1 heterocycles. The number of imide groups is 1. The lowest BCUT2D eigenvalue weighted by Crippen LogP contribution is -2.54. The minimum absolute atomic E-state index is 0.116. The largest absolute Gasteiger partial charge is 0.354 e. The standard InChI is InChI=1S/C16H20ClN3O3/c1-10(2)8-18-14(21)9-20-15(22)7-13(19-16(20)23)11-3-5-12(17)6-4-11/h3-6,10,13H,7-9H2,1-2H3,(H,18,21)(H,19,23)/t13-/m0/s1. The SMILES string of the molecule is CC(C)CNC(=O)CN1C(=O)C[C@@H](c2ccc(Cl)cc2)NC1=O. The van der Waals surface area contributed by atoms with Gasteiger partial charge in [-0.1, -0.05) is 37.6 Å². The van der Waals surface area contributed by atoms with Crippen molar-refractivity contribution in [3.8, 4) is 0 Å². The quantitative estimate of drug-likeness (QED) is 0.863. The molecule has 23 heavy (non-hydrogen) atoms. The van der Waals surface area contributed by atoms with Crippen LogP contribution in [0.15, 0.2) is 24.3 Å². The van der Waals surface area contributed by atoms with Gasteiger partial charge in [-0.3, -0.25) is 14.5 Å². The lowest BCUT2D eigenvalue weighted by molar-refractivity contribution is -0.134. The van der Waals surface area contributed by atoms with Crippen molar-refractivity contribution >= 4 is 29.4 Å². The normalized spacial score (nSPS) is 18.1. The van der Waals surface area contributed by atoms with E-state index in [1.54, 1.807) is 24.3 Å².